The SMILES string of the molecule is O=C(NCC1CCNC1)NCC1CCCS(=O)(=O)C1. The van der Waals surface area contributed by atoms with E-state index >= 15 is 0 Å². The minimum atomic E-state index is -2.89. The van der Waals surface area contributed by atoms with Crippen molar-refractivity contribution in [3.8, 4) is 0 Å². The Hall–Kier alpha value is -0.820. The van der Waals surface area contributed by atoms with Crippen LogP contribution in [0.15, 0.2) is 0 Å². The molecule has 2 unspecified atom stereocenters. The summed E-state index contributed by atoms with van der Waals surface area (Å²) in [7, 11) is -2.89. The maximum absolute atomic E-state index is 11.6. The Morgan fingerprint density at radius 3 is 2.53 bits per heavy atom. The lowest BCUT2D eigenvalue weighted by molar-refractivity contribution is 0.237. The van der Waals surface area contributed by atoms with Crippen molar-refractivity contribution in [1.82, 2.24) is 16.0 Å². The molecular formula is C12H23N3O3S. The van der Waals surface area contributed by atoms with Crippen molar-refractivity contribution in [3.05, 3.63) is 0 Å². The molecule has 2 heterocycles. The molecule has 0 radical (unpaired) electrons. The molecule has 2 atom stereocenters. The monoisotopic (exact) mass is 289 g/mol. The number of carbonyl (C=O) groups excluding carboxylic acids is 1. The van der Waals surface area contributed by atoms with Gasteiger partial charge in [0.25, 0.3) is 0 Å². The first-order chi connectivity index (χ1) is 9.05. The minimum Gasteiger partial charge on any atom is -0.338 e. The van der Waals surface area contributed by atoms with Gasteiger partial charge in [-0.1, -0.05) is 0 Å². The van der Waals surface area contributed by atoms with Gasteiger partial charge in [0, 0.05) is 13.1 Å². The zero-order chi connectivity index (χ0) is 13.7. The molecule has 2 aliphatic heterocycles. The molecule has 6 nitrogen and oxygen atoms in total. The van der Waals surface area contributed by atoms with Crippen molar-refractivity contribution in [2.45, 2.75) is 19.3 Å². The number of amides is 2. The van der Waals surface area contributed by atoms with Gasteiger partial charge in [0.15, 0.2) is 9.84 Å². The third-order valence-corrected chi connectivity index (χ3v) is 5.71. The number of sulfone groups is 1. The van der Waals surface area contributed by atoms with Gasteiger partial charge in [0.1, 0.15) is 0 Å². The Morgan fingerprint density at radius 1 is 1.16 bits per heavy atom. The van der Waals surface area contributed by atoms with Gasteiger partial charge in [-0.3, -0.25) is 0 Å². The van der Waals surface area contributed by atoms with Crippen molar-refractivity contribution in [1.29, 1.82) is 0 Å². The highest BCUT2D eigenvalue weighted by atomic mass is 32.2. The van der Waals surface area contributed by atoms with Gasteiger partial charge in [-0.05, 0) is 44.2 Å². The van der Waals surface area contributed by atoms with E-state index in [2.05, 4.69) is 16.0 Å². The third-order valence-electron chi connectivity index (χ3n) is 3.82. The molecular weight excluding hydrogens is 266 g/mol. The summed E-state index contributed by atoms with van der Waals surface area (Å²) in [6.07, 6.45) is 2.69. The number of nitrogens with one attached hydrogen (secondary N) is 3. The van der Waals surface area contributed by atoms with E-state index in [0.717, 1.165) is 25.9 Å². The molecule has 0 aromatic rings. The summed E-state index contributed by atoms with van der Waals surface area (Å²) in [6, 6.07) is -0.185. The van der Waals surface area contributed by atoms with Crippen LogP contribution in [0.2, 0.25) is 0 Å². The van der Waals surface area contributed by atoms with Crippen LogP contribution in [-0.2, 0) is 9.84 Å². The topological polar surface area (TPSA) is 87.3 Å². The zero-order valence-corrected chi connectivity index (χ0v) is 12.0. The van der Waals surface area contributed by atoms with E-state index in [1.807, 2.05) is 0 Å². The minimum absolute atomic E-state index is 0.0673. The summed E-state index contributed by atoms with van der Waals surface area (Å²) >= 11 is 0. The van der Waals surface area contributed by atoms with Gasteiger partial charge in [-0.15, -0.1) is 0 Å². The Balaban J connectivity index is 1.62. The molecule has 2 fully saturated rings. The van der Waals surface area contributed by atoms with Gasteiger partial charge in [0.05, 0.1) is 11.5 Å². The van der Waals surface area contributed by atoms with E-state index < -0.39 is 9.84 Å². The molecule has 0 saturated carbocycles. The average Bonchev–Trinajstić information content (AvgIpc) is 2.86. The molecule has 7 heteroatoms. The van der Waals surface area contributed by atoms with Crippen molar-refractivity contribution in [2.24, 2.45) is 11.8 Å². The maximum atomic E-state index is 11.6. The Kier molecular flexibility index (Phi) is 5.04. The Bertz CT molecular complexity index is 404. The predicted molar refractivity (Wildman–Crippen MR) is 73.8 cm³/mol. The first kappa shape index (κ1) is 14.6. The standard InChI is InChI=1S/C12H23N3O3S/c16-12(14-7-10-3-4-13-6-10)15-8-11-2-1-5-19(17,18)9-11/h10-11,13H,1-9H2,(H2,14,15,16). The zero-order valence-electron chi connectivity index (χ0n) is 11.2. The highest BCUT2D eigenvalue weighted by Gasteiger charge is 2.25. The van der Waals surface area contributed by atoms with E-state index in [1.165, 1.54) is 0 Å². The maximum Gasteiger partial charge on any atom is 0.314 e. The van der Waals surface area contributed by atoms with Crippen LogP contribution in [0.3, 0.4) is 0 Å². The summed E-state index contributed by atoms with van der Waals surface area (Å²) in [4.78, 5) is 11.6. The van der Waals surface area contributed by atoms with E-state index in [4.69, 9.17) is 0 Å². The fourth-order valence-electron chi connectivity index (χ4n) is 2.70. The molecule has 0 aromatic carbocycles. The van der Waals surface area contributed by atoms with Crippen LogP contribution in [0.4, 0.5) is 4.79 Å². The second kappa shape index (κ2) is 6.56. The molecule has 19 heavy (non-hydrogen) atoms. The van der Waals surface area contributed by atoms with Gasteiger partial charge >= 0.3 is 6.03 Å². The van der Waals surface area contributed by atoms with Gasteiger partial charge < -0.3 is 16.0 Å². The van der Waals surface area contributed by atoms with Gasteiger partial charge in [-0.2, -0.15) is 0 Å². The van der Waals surface area contributed by atoms with Crippen molar-refractivity contribution >= 4 is 15.9 Å². The molecule has 110 valence electrons. The summed E-state index contributed by atoms with van der Waals surface area (Å²) in [5.74, 6) is 1.09. The molecule has 0 bridgehead atoms. The van der Waals surface area contributed by atoms with Crippen LogP contribution in [0.1, 0.15) is 19.3 Å². The first-order valence-electron chi connectivity index (χ1n) is 6.98. The summed E-state index contributed by atoms with van der Waals surface area (Å²) in [5, 5.41) is 8.87. The lowest BCUT2D eigenvalue weighted by atomic mass is 10.1. The van der Waals surface area contributed by atoms with Crippen molar-refractivity contribution in [3.63, 3.8) is 0 Å². The second-order valence-corrected chi connectivity index (χ2v) is 7.80. The Labute approximate surface area is 114 Å². The fourth-order valence-corrected chi connectivity index (χ4v) is 4.48. The normalized spacial score (nSPS) is 29.9. The van der Waals surface area contributed by atoms with E-state index in [0.29, 0.717) is 31.2 Å². The molecule has 0 aliphatic carbocycles. The van der Waals surface area contributed by atoms with Crippen molar-refractivity contribution < 1.29 is 13.2 Å². The quantitative estimate of drug-likeness (QED) is 0.664. The van der Waals surface area contributed by atoms with Crippen LogP contribution in [0.25, 0.3) is 0 Å². The van der Waals surface area contributed by atoms with E-state index in [-0.39, 0.29) is 17.7 Å². The summed E-state index contributed by atoms with van der Waals surface area (Å²) in [5.41, 5.74) is 0. The number of urea groups is 1. The van der Waals surface area contributed by atoms with Crippen LogP contribution in [0.5, 0.6) is 0 Å². The molecule has 2 amide bonds. The number of rotatable bonds is 4. The predicted octanol–water partition coefficient (Wildman–Crippen LogP) is -0.280. The van der Waals surface area contributed by atoms with Crippen molar-refractivity contribution in [2.75, 3.05) is 37.7 Å². The van der Waals surface area contributed by atoms with Crippen LogP contribution >= 0.6 is 0 Å². The van der Waals surface area contributed by atoms with Crippen LogP contribution < -0.4 is 16.0 Å². The largest absolute Gasteiger partial charge is 0.338 e. The second-order valence-electron chi connectivity index (χ2n) is 5.57. The lowest BCUT2D eigenvalue weighted by Gasteiger charge is -2.22. The molecule has 0 aromatic heterocycles. The van der Waals surface area contributed by atoms with Crippen LogP contribution in [-0.4, -0.2) is 52.1 Å². The highest BCUT2D eigenvalue weighted by Crippen LogP contribution is 2.17. The molecule has 2 saturated heterocycles. The fraction of sp³-hybridized carbons (Fsp3) is 0.917. The summed E-state index contributed by atoms with van der Waals surface area (Å²) < 4.78 is 22.9. The molecule has 2 rings (SSSR count). The van der Waals surface area contributed by atoms with Crippen LogP contribution in [0, 0.1) is 11.8 Å². The number of hydrogen-bond acceptors (Lipinski definition) is 4. The molecule has 3 N–H and O–H groups in total. The van der Waals surface area contributed by atoms with Gasteiger partial charge in [0.2, 0.25) is 0 Å². The smallest absolute Gasteiger partial charge is 0.314 e. The summed E-state index contributed by atoms with van der Waals surface area (Å²) in [6.45, 7) is 3.12. The number of hydrogen-bond donors (Lipinski definition) is 3. The molecule has 0 spiro atoms. The van der Waals surface area contributed by atoms with E-state index in [9.17, 15) is 13.2 Å². The molecule has 2 aliphatic rings. The first-order valence-corrected chi connectivity index (χ1v) is 8.80. The van der Waals surface area contributed by atoms with Gasteiger partial charge in [-0.25, -0.2) is 13.2 Å². The average molecular weight is 289 g/mol. The third kappa shape index (κ3) is 4.99. The Morgan fingerprint density at radius 2 is 1.89 bits per heavy atom. The lowest BCUT2D eigenvalue weighted by Crippen LogP contribution is -2.42. The number of carbonyl (C=O) groups is 1. The van der Waals surface area contributed by atoms with E-state index in [1.54, 1.807) is 0 Å². The highest BCUT2D eigenvalue weighted by molar-refractivity contribution is 7.91.